The molecule has 2 aromatic rings. The molecule has 0 amide bonds. The molecule has 0 spiro atoms. The maximum Gasteiger partial charge on any atom is 0.149 e. The molecule has 0 atom stereocenters. The van der Waals surface area contributed by atoms with Crippen LogP contribution in [-0.2, 0) is 6.54 Å². The molecule has 0 saturated carbocycles. The number of nitrogens with zero attached hydrogens (tertiary/aromatic N) is 3. The number of rotatable bonds is 5. The van der Waals surface area contributed by atoms with Crippen LogP contribution in [0.2, 0.25) is 0 Å². The topological polar surface area (TPSA) is 50.3 Å². The van der Waals surface area contributed by atoms with Crippen LogP contribution in [0.4, 0.5) is 11.6 Å². The smallest absolute Gasteiger partial charge is 0.149 e. The van der Waals surface area contributed by atoms with E-state index in [-0.39, 0.29) is 0 Å². The number of anilines is 2. The first kappa shape index (κ1) is 13.1. The summed E-state index contributed by atoms with van der Waals surface area (Å²) in [6, 6.07) is 8.00. The summed E-state index contributed by atoms with van der Waals surface area (Å²) in [5.74, 6) is 2.45. The fourth-order valence-electron chi connectivity index (χ4n) is 1.79. The highest BCUT2D eigenvalue weighted by molar-refractivity contribution is 5.43. The average molecular weight is 258 g/mol. The van der Waals surface area contributed by atoms with Gasteiger partial charge in [0.25, 0.3) is 0 Å². The Labute approximate surface area is 113 Å². The number of nitrogens with one attached hydrogen (secondary N) is 1. The van der Waals surface area contributed by atoms with Crippen LogP contribution in [0.15, 0.2) is 36.7 Å². The van der Waals surface area contributed by atoms with Gasteiger partial charge in [0.2, 0.25) is 0 Å². The molecule has 0 unspecified atom stereocenters. The lowest BCUT2D eigenvalue weighted by atomic mass is 10.2. The number of benzene rings is 1. The maximum atomic E-state index is 5.22. The first-order valence-electron chi connectivity index (χ1n) is 6.07. The van der Waals surface area contributed by atoms with E-state index in [9.17, 15) is 0 Å². The van der Waals surface area contributed by atoms with Crippen LogP contribution in [0.5, 0.6) is 5.75 Å². The molecule has 1 N–H and O–H groups in total. The number of hydrogen-bond acceptors (Lipinski definition) is 5. The van der Waals surface area contributed by atoms with E-state index in [0.29, 0.717) is 0 Å². The molecular weight excluding hydrogens is 240 g/mol. The van der Waals surface area contributed by atoms with E-state index in [1.165, 1.54) is 5.56 Å². The van der Waals surface area contributed by atoms with Crippen LogP contribution < -0.4 is 15.0 Å². The molecule has 0 fully saturated rings. The molecule has 1 aromatic carbocycles. The zero-order chi connectivity index (χ0) is 13.7. The lowest BCUT2D eigenvalue weighted by Crippen LogP contribution is -2.18. The van der Waals surface area contributed by atoms with Crippen LogP contribution in [0.25, 0.3) is 0 Å². The standard InChI is InChI=1S/C14H18N4O/c1-15-13-8-16-9-14(17-13)18(2)10-11-5-4-6-12(7-11)19-3/h4-9H,10H2,1-3H3,(H,15,17). The molecule has 2 rings (SSSR count). The second-order valence-corrected chi connectivity index (χ2v) is 4.22. The Balaban J connectivity index is 2.13. The summed E-state index contributed by atoms with van der Waals surface area (Å²) in [6.45, 7) is 0.749. The lowest BCUT2D eigenvalue weighted by molar-refractivity contribution is 0.414. The Hall–Kier alpha value is -2.30. The van der Waals surface area contributed by atoms with E-state index in [1.54, 1.807) is 19.5 Å². The molecule has 0 aliphatic heterocycles. The van der Waals surface area contributed by atoms with Crippen LogP contribution in [0, 0.1) is 0 Å². The minimum Gasteiger partial charge on any atom is -0.497 e. The molecule has 100 valence electrons. The Bertz CT molecular complexity index is 544. The molecule has 5 nitrogen and oxygen atoms in total. The second-order valence-electron chi connectivity index (χ2n) is 4.22. The van der Waals surface area contributed by atoms with Crippen molar-refractivity contribution in [2.75, 3.05) is 31.4 Å². The first-order chi connectivity index (χ1) is 9.22. The second kappa shape index (κ2) is 6.04. The van der Waals surface area contributed by atoms with Gasteiger partial charge < -0.3 is 15.0 Å². The Morgan fingerprint density at radius 3 is 2.89 bits per heavy atom. The summed E-state index contributed by atoms with van der Waals surface area (Å²) in [6.07, 6.45) is 3.45. The highest BCUT2D eigenvalue weighted by Gasteiger charge is 2.05. The van der Waals surface area contributed by atoms with Gasteiger partial charge in [-0.25, -0.2) is 4.98 Å². The Kier molecular flexibility index (Phi) is 4.18. The van der Waals surface area contributed by atoms with E-state index in [0.717, 1.165) is 23.9 Å². The van der Waals surface area contributed by atoms with Crippen LogP contribution in [0.1, 0.15) is 5.56 Å². The summed E-state index contributed by atoms with van der Waals surface area (Å²) in [5.41, 5.74) is 1.17. The van der Waals surface area contributed by atoms with Crippen LogP contribution in [-0.4, -0.2) is 31.2 Å². The molecular formula is C14H18N4O. The summed E-state index contributed by atoms with van der Waals surface area (Å²) in [5, 5.41) is 2.98. The number of aromatic nitrogens is 2. The predicted octanol–water partition coefficient (Wildman–Crippen LogP) is 2.16. The SMILES string of the molecule is CNc1cncc(N(C)Cc2cccc(OC)c2)n1. The maximum absolute atomic E-state index is 5.22. The summed E-state index contributed by atoms with van der Waals surface area (Å²) in [7, 11) is 5.49. The van der Waals surface area contributed by atoms with Crippen molar-refractivity contribution in [1.29, 1.82) is 0 Å². The van der Waals surface area contributed by atoms with Crippen molar-refractivity contribution in [3.63, 3.8) is 0 Å². The fraction of sp³-hybridized carbons (Fsp3) is 0.286. The highest BCUT2D eigenvalue weighted by Crippen LogP contribution is 2.17. The minimum absolute atomic E-state index is 0.749. The first-order valence-corrected chi connectivity index (χ1v) is 6.07. The van der Waals surface area contributed by atoms with Gasteiger partial charge in [-0.05, 0) is 17.7 Å². The quantitative estimate of drug-likeness (QED) is 0.890. The summed E-state index contributed by atoms with van der Waals surface area (Å²) >= 11 is 0. The van der Waals surface area contributed by atoms with E-state index >= 15 is 0 Å². The van der Waals surface area contributed by atoms with E-state index < -0.39 is 0 Å². The van der Waals surface area contributed by atoms with Gasteiger partial charge in [0, 0.05) is 20.6 Å². The zero-order valence-corrected chi connectivity index (χ0v) is 11.4. The fourth-order valence-corrected chi connectivity index (χ4v) is 1.79. The molecule has 0 bridgehead atoms. The largest absolute Gasteiger partial charge is 0.497 e. The number of hydrogen-bond donors (Lipinski definition) is 1. The predicted molar refractivity (Wildman–Crippen MR) is 76.7 cm³/mol. The van der Waals surface area contributed by atoms with Crippen LogP contribution in [0.3, 0.4) is 0 Å². The van der Waals surface area contributed by atoms with Crippen molar-refractivity contribution < 1.29 is 4.74 Å². The highest BCUT2D eigenvalue weighted by atomic mass is 16.5. The molecule has 0 radical (unpaired) electrons. The van der Waals surface area contributed by atoms with Crippen molar-refractivity contribution in [3.8, 4) is 5.75 Å². The zero-order valence-electron chi connectivity index (χ0n) is 11.4. The monoisotopic (exact) mass is 258 g/mol. The van der Waals surface area contributed by atoms with Crippen molar-refractivity contribution in [2.45, 2.75) is 6.54 Å². The Morgan fingerprint density at radius 1 is 1.32 bits per heavy atom. The summed E-state index contributed by atoms with van der Waals surface area (Å²) < 4.78 is 5.22. The van der Waals surface area contributed by atoms with Crippen LogP contribution >= 0.6 is 0 Å². The van der Waals surface area contributed by atoms with E-state index in [2.05, 4.69) is 21.4 Å². The van der Waals surface area contributed by atoms with Gasteiger partial charge in [-0.1, -0.05) is 12.1 Å². The lowest BCUT2D eigenvalue weighted by Gasteiger charge is -2.18. The van der Waals surface area contributed by atoms with Gasteiger partial charge in [0.05, 0.1) is 19.5 Å². The molecule has 0 saturated heterocycles. The van der Waals surface area contributed by atoms with Gasteiger partial charge in [0.15, 0.2) is 0 Å². The van der Waals surface area contributed by atoms with Gasteiger partial charge >= 0.3 is 0 Å². The normalized spacial score (nSPS) is 10.1. The van der Waals surface area contributed by atoms with E-state index in [1.807, 2.05) is 37.2 Å². The molecule has 0 aliphatic carbocycles. The number of ether oxygens (including phenoxy) is 1. The Morgan fingerprint density at radius 2 is 2.16 bits per heavy atom. The molecule has 1 aromatic heterocycles. The molecule has 19 heavy (non-hydrogen) atoms. The van der Waals surface area contributed by atoms with Gasteiger partial charge in [-0.15, -0.1) is 0 Å². The van der Waals surface area contributed by atoms with Crippen molar-refractivity contribution in [3.05, 3.63) is 42.2 Å². The number of methoxy groups -OCH3 is 1. The van der Waals surface area contributed by atoms with Gasteiger partial charge in [0.1, 0.15) is 17.4 Å². The van der Waals surface area contributed by atoms with Crippen molar-refractivity contribution in [1.82, 2.24) is 9.97 Å². The molecule has 5 heteroatoms. The van der Waals surface area contributed by atoms with Gasteiger partial charge in [-0.3, -0.25) is 4.98 Å². The minimum atomic E-state index is 0.749. The molecule has 0 aliphatic rings. The van der Waals surface area contributed by atoms with Crippen molar-refractivity contribution in [2.24, 2.45) is 0 Å². The van der Waals surface area contributed by atoms with Gasteiger partial charge in [-0.2, -0.15) is 0 Å². The van der Waals surface area contributed by atoms with Crippen molar-refractivity contribution >= 4 is 11.6 Å². The third kappa shape index (κ3) is 3.34. The third-order valence-corrected chi connectivity index (χ3v) is 2.82. The average Bonchev–Trinajstić information content (AvgIpc) is 2.47. The van der Waals surface area contributed by atoms with E-state index in [4.69, 9.17) is 4.74 Å². The third-order valence-electron chi connectivity index (χ3n) is 2.82. The summed E-state index contributed by atoms with van der Waals surface area (Å²) in [4.78, 5) is 10.7. The molecule has 1 heterocycles.